The molecule has 0 unspecified atom stereocenters. The number of amides is 1. The Balaban J connectivity index is 1.89. The molecular formula is C19H21N3OS2. The number of carbonyl (C=O) groups is 1. The highest BCUT2D eigenvalue weighted by molar-refractivity contribution is 8.00. The maximum Gasteiger partial charge on any atom is 0.239 e. The molecule has 1 aromatic carbocycles. The summed E-state index contributed by atoms with van der Waals surface area (Å²) in [6.07, 6.45) is 0. The standard InChI is InChI=1S/C19H21N3OS2/c1-11-12(2)24-17-16(11)18(21-14(4)20-17)25-13(3)19(23)22(5)15-9-7-6-8-10-15/h6-10,13H,1-5H3/t13-/m1/s1. The van der Waals surface area contributed by atoms with E-state index < -0.39 is 0 Å². The van der Waals surface area contributed by atoms with Crippen LogP contribution in [0.25, 0.3) is 10.2 Å². The lowest BCUT2D eigenvalue weighted by Crippen LogP contribution is -2.33. The molecule has 0 aliphatic heterocycles. The van der Waals surface area contributed by atoms with Gasteiger partial charge in [0.25, 0.3) is 0 Å². The summed E-state index contributed by atoms with van der Waals surface area (Å²) in [5.74, 6) is 0.803. The van der Waals surface area contributed by atoms with Crippen LogP contribution in [0, 0.1) is 20.8 Å². The van der Waals surface area contributed by atoms with Gasteiger partial charge in [-0.3, -0.25) is 4.79 Å². The average Bonchev–Trinajstić information content (AvgIpc) is 2.88. The molecule has 2 aromatic heterocycles. The van der Waals surface area contributed by atoms with Crippen molar-refractivity contribution in [1.29, 1.82) is 0 Å². The van der Waals surface area contributed by atoms with E-state index in [2.05, 4.69) is 23.8 Å². The molecule has 0 saturated heterocycles. The van der Waals surface area contributed by atoms with Crippen LogP contribution in [0.3, 0.4) is 0 Å². The molecule has 25 heavy (non-hydrogen) atoms. The highest BCUT2D eigenvalue weighted by Gasteiger charge is 2.23. The highest BCUT2D eigenvalue weighted by atomic mass is 32.2. The van der Waals surface area contributed by atoms with Gasteiger partial charge in [-0.25, -0.2) is 9.97 Å². The Hall–Kier alpha value is -1.92. The number of thiophene rings is 1. The first-order valence-electron chi connectivity index (χ1n) is 8.12. The Kier molecular flexibility index (Phi) is 5.11. The number of aromatic nitrogens is 2. The lowest BCUT2D eigenvalue weighted by molar-refractivity contribution is -0.117. The molecule has 0 aliphatic rings. The molecule has 3 rings (SSSR count). The first-order chi connectivity index (χ1) is 11.9. The summed E-state index contributed by atoms with van der Waals surface area (Å²) in [7, 11) is 1.82. The van der Waals surface area contributed by atoms with Crippen LogP contribution < -0.4 is 4.90 Å². The first-order valence-corrected chi connectivity index (χ1v) is 9.81. The third-order valence-corrected chi connectivity index (χ3v) is 6.39. The summed E-state index contributed by atoms with van der Waals surface area (Å²) in [5.41, 5.74) is 2.10. The molecule has 130 valence electrons. The Bertz CT molecular complexity index is 921. The van der Waals surface area contributed by atoms with E-state index in [1.807, 2.05) is 51.2 Å². The largest absolute Gasteiger partial charge is 0.315 e. The van der Waals surface area contributed by atoms with Crippen LogP contribution in [0.1, 0.15) is 23.2 Å². The van der Waals surface area contributed by atoms with Gasteiger partial charge in [0.05, 0.1) is 5.25 Å². The van der Waals surface area contributed by atoms with Gasteiger partial charge in [-0.15, -0.1) is 11.3 Å². The average molecular weight is 372 g/mol. The van der Waals surface area contributed by atoms with Crippen LogP contribution in [0.2, 0.25) is 0 Å². The number of para-hydroxylation sites is 1. The summed E-state index contributed by atoms with van der Waals surface area (Å²) in [6.45, 7) is 8.03. The quantitative estimate of drug-likeness (QED) is 0.490. The maximum absolute atomic E-state index is 12.8. The Labute approximate surface area is 156 Å². The summed E-state index contributed by atoms with van der Waals surface area (Å²) in [5, 5.41) is 1.74. The molecule has 0 saturated carbocycles. The number of nitrogens with zero attached hydrogens (tertiary/aromatic N) is 3. The van der Waals surface area contributed by atoms with Gasteiger partial charge in [0, 0.05) is 23.0 Å². The highest BCUT2D eigenvalue weighted by Crippen LogP contribution is 2.37. The zero-order chi connectivity index (χ0) is 18.1. The van der Waals surface area contributed by atoms with Crippen LogP contribution in [-0.2, 0) is 4.79 Å². The van der Waals surface area contributed by atoms with Crippen LogP contribution in [0.15, 0.2) is 35.4 Å². The monoisotopic (exact) mass is 371 g/mol. The van der Waals surface area contributed by atoms with Gasteiger partial charge in [0.1, 0.15) is 15.7 Å². The van der Waals surface area contributed by atoms with Gasteiger partial charge in [-0.05, 0) is 45.4 Å². The molecule has 0 spiro atoms. The Morgan fingerprint density at radius 2 is 1.84 bits per heavy atom. The van der Waals surface area contributed by atoms with E-state index in [4.69, 9.17) is 0 Å². The number of benzene rings is 1. The molecule has 0 radical (unpaired) electrons. The molecule has 1 amide bonds. The Morgan fingerprint density at radius 3 is 2.52 bits per heavy atom. The van der Waals surface area contributed by atoms with E-state index in [1.165, 1.54) is 22.2 Å². The smallest absolute Gasteiger partial charge is 0.239 e. The summed E-state index contributed by atoms with van der Waals surface area (Å²) in [4.78, 5) is 25.9. The third-order valence-electron chi connectivity index (χ3n) is 4.22. The predicted molar refractivity (Wildman–Crippen MR) is 107 cm³/mol. The number of thioether (sulfide) groups is 1. The summed E-state index contributed by atoms with van der Waals surface area (Å²) < 4.78 is 0. The van der Waals surface area contributed by atoms with Gasteiger partial charge in [-0.1, -0.05) is 30.0 Å². The third kappa shape index (κ3) is 3.55. The lowest BCUT2D eigenvalue weighted by Gasteiger charge is -2.21. The van der Waals surface area contributed by atoms with E-state index in [0.29, 0.717) is 0 Å². The molecular weight excluding hydrogens is 350 g/mol. The minimum atomic E-state index is -0.234. The van der Waals surface area contributed by atoms with E-state index in [1.54, 1.807) is 16.2 Å². The number of anilines is 1. The van der Waals surface area contributed by atoms with Crippen LogP contribution in [-0.4, -0.2) is 28.2 Å². The van der Waals surface area contributed by atoms with E-state index >= 15 is 0 Å². The van der Waals surface area contributed by atoms with Crippen molar-refractivity contribution in [3.05, 3.63) is 46.6 Å². The number of aryl methyl sites for hydroxylation is 3. The summed E-state index contributed by atoms with van der Waals surface area (Å²) in [6, 6.07) is 9.70. The molecule has 0 fully saturated rings. The van der Waals surface area contributed by atoms with Crippen molar-refractivity contribution in [3.63, 3.8) is 0 Å². The zero-order valence-electron chi connectivity index (χ0n) is 15.0. The number of rotatable bonds is 4. The second kappa shape index (κ2) is 7.14. The van der Waals surface area contributed by atoms with Crippen LogP contribution in [0.4, 0.5) is 5.69 Å². The molecule has 6 heteroatoms. The topological polar surface area (TPSA) is 46.1 Å². The van der Waals surface area contributed by atoms with E-state index in [-0.39, 0.29) is 11.2 Å². The predicted octanol–water partition coefficient (Wildman–Crippen LogP) is 4.76. The fraction of sp³-hybridized carbons (Fsp3) is 0.316. The fourth-order valence-electron chi connectivity index (χ4n) is 2.67. The molecule has 4 nitrogen and oxygen atoms in total. The van der Waals surface area contributed by atoms with Crippen molar-refractivity contribution >= 4 is 44.9 Å². The van der Waals surface area contributed by atoms with Crippen LogP contribution >= 0.6 is 23.1 Å². The molecule has 0 N–H and O–H groups in total. The normalized spacial score (nSPS) is 12.4. The Morgan fingerprint density at radius 1 is 1.16 bits per heavy atom. The molecule has 0 aliphatic carbocycles. The van der Waals surface area contributed by atoms with E-state index in [0.717, 1.165) is 26.8 Å². The van der Waals surface area contributed by atoms with Crippen molar-refractivity contribution in [3.8, 4) is 0 Å². The number of fused-ring (bicyclic) bond motifs is 1. The van der Waals surface area contributed by atoms with Crippen molar-refractivity contribution < 1.29 is 4.79 Å². The van der Waals surface area contributed by atoms with Crippen molar-refractivity contribution in [2.75, 3.05) is 11.9 Å². The second-order valence-corrected chi connectivity index (χ2v) is 8.56. The van der Waals surface area contributed by atoms with Gasteiger partial charge in [0.15, 0.2) is 0 Å². The van der Waals surface area contributed by atoms with Gasteiger partial charge in [0.2, 0.25) is 5.91 Å². The fourth-order valence-corrected chi connectivity index (χ4v) is 4.95. The molecule has 2 heterocycles. The van der Waals surface area contributed by atoms with E-state index in [9.17, 15) is 4.79 Å². The van der Waals surface area contributed by atoms with Gasteiger partial charge < -0.3 is 4.90 Å². The SMILES string of the molecule is Cc1nc(S[C@H](C)C(=O)N(C)c2ccccc2)c2c(C)c(C)sc2n1. The molecule has 1 atom stereocenters. The summed E-state index contributed by atoms with van der Waals surface area (Å²) >= 11 is 3.20. The number of hydrogen-bond acceptors (Lipinski definition) is 5. The lowest BCUT2D eigenvalue weighted by atomic mass is 10.2. The first kappa shape index (κ1) is 17.9. The van der Waals surface area contributed by atoms with Crippen molar-refractivity contribution in [2.24, 2.45) is 0 Å². The number of carbonyl (C=O) groups excluding carboxylic acids is 1. The number of hydrogen-bond donors (Lipinski definition) is 0. The van der Waals surface area contributed by atoms with Crippen LogP contribution in [0.5, 0.6) is 0 Å². The van der Waals surface area contributed by atoms with Gasteiger partial charge in [-0.2, -0.15) is 0 Å². The van der Waals surface area contributed by atoms with Gasteiger partial charge >= 0.3 is 0 Å². The zero-order valence-corrected chi connectivity index (χ0v) is 16.7. The second-order valence-electron chi connectivity index (χ2n) is 6.03. The van der Waals surface area contributed by atoms with Crippen molar-refractivity contribution in [1.82, 2.24) is 9.97 Å². The minimum Gasteiger partial charge on any atom is -0.315 e. The molecule has 3 aromatic rings. The molecule has 0 bridgehead atoms. The maximum atomic E-state index is 12.8. The minimum absolute atomic E-state index is 0.0604. The van der Waals surface area contributed by atoms with Crippen molar-refractivity contribution in [2.45, 2.75) is 38.0 Å².